The molecule has 1 heterocycles. The summed E-state index contributed by atoms with van der Waals surface area (Å²) in [5, 5.41) is 8.93. The molecule has 1 fully saturated rings. The second-order valence-corrected chi connectivity index (χ2v) is 6.30. The third-order valence-corrected chi connectivity index (χ3v) is 4.90. The van der Waals surface area contributed by atoms with Crippen molar-refractivity contribution < 1.29 is 14.6 Å². The SMILES string of the molecule is CC1=C[C@@H]2O[C@@](C)(C/C=C(\C)C(=O)O)[C@@H](C)[C@@H]2CC1. The molecule has 2 aliphatic rings. The van der Waals surface area contributed by atoms with Gasteiger partial charge in [0.2, 0.25) is 0 Å². The molecule has 4 atom stereocenters. The number of allylic oxidation sites excluding steroid dienone is 1. The van der Waals surface area contributed by atoms with Crippen LogP contribution in [-0.2, 0) is 9.53 Å². The maximum atomic E-state index is 10.9. The molecule has 3 heteroatoms. The molecule has 0 unspecified atom stereocenters. The number of fused-ring (bicyclic) bond motifs is 1. The van der Waals surface area contributed by atoms with Crippen molar-refractivity contribution >= 4 is 5.97 Å². The summed E-state index contributed by atoms with van der Waals surface area (Å²) in [6.45, 7) is 8.16. The number of carboxylic acids is 1. The Kier molecular flexibility index (Phi) is 3.86. The number of carbonyl (C=O) groups is 1. The molecule has 0 saturated carbocycles. The Morgan fingerprint density at radius 3 is 2.95 bits per heavy atom. The fourth-order valence-corrected chi connectivity index (χ4v) is 3.25. The van der Waals surface area contributed by atoms with Crippen LogP contribution in [-0.4, -0.2) is 22.8 Å². The van der Waals surface area contributed by atoms with Crippen molar-refractivity contribution in [1.29, 1.82) is 0 Å². The minimum atomic E-state index is -0.845. The van der Waals surface area contributed by atoms with E-state index < -0.39 is 5.97 Å². The van der Waals surface area contributed by atoms with E-state index in [-0.39, 0.29) is 11.7 Å². The highest BCUT2D eigenvalue weighted by molar-refractivity contribution is 5.85. The van der Waals surface area contributed by atoms with Gasteiger partial charge in [-0.3, -0.25) is 0 Å². The van der Waals surface area contributed by atoms with Crippen LogP contribution >= 0.6 is 0 Å². The zero-order chi connectivity index (χ0) is 14.2. The first-order valence-electron chi connectivity index (χ1n) is 7.08. The van der Waals surface area contributed by atoms with Gasteiger partial charge in [-0.25, -0.2) is 4.79 Å². The highest BCUT2D eigenvalue weighted by atomic mass is 16.5. The standard InChI is InChI=1S/C16H24O3/c1-10-5-6-13-12(3)16(4,19-14(13)9-10)8-7-11(2)15(17)18/h7,9,12-14H,5-6,8H2,1-4H3,(H,17,18)/b11-7+/t12-,13-,14-,16-/m0/s1. The summed E-state index contributed by atoms with van der Waals surface area (Å²) >= 11 is 0. The van der Waals surface area contributed by atoms with Gasteiger partial charge in [-0.15, -0.1) is 0 Å². The van der Waals surface area contributed by atoms with Crippen LogP contribution in [0.15, 0.2) is 23.3 Å². The van der Waals surface area contributed by atoms with E-state index in [4.69, 9.17) is 9.84 Å². The van der Waals surface area contributed by atoms with Crippen molar-refractivity contribution in [3.8, 4) is 0 Å². The monoisotopic (exact) mass is 264 g/mol. The smallest absolute Gasteiger partial charge is 0.330 e. The lowest BCUT2D eigenvalue weighted by Gasteiger charge is -2.28. The largest absolute Gasteiger partial charge is 0.478 e. The van der Waals surface area contributed by atoms with E-state index in [1.54, 1.807) is 13.0 Å². The van der Waals surface area contributed by atoms with Crippen molar-refractivity contribution in [2.24, 2.45) is 11.8 Å². The van der Waals surface area contributed by atoms with Crippen molar-refractivity contribution in [2.45, 2.75) is 58.7 Å². The molecule has 1 saturated heterocycles. The fourth-order valence-electron chi connectivity index (χ4n) is 3.25. The Bertz CT molecular complexity index is 435. The van der Waals surface area contributed by atoms with Crippen molar-refractivity contribution in [3.63, 3.8) is 0 Å². The van der Waals surface area contributed by atoms with Crippen LogP contribution in [0.25, 0.3) is 0 Å². The van der Waals surface area contributed by atoms with Crippen LogP contribution in [0.4, 0.5) is 0 Å². The zero-order valence-corrected chi connectivity index (χ0v) is 12.3. The van der Waals surface area contributed by atoms with E-state index in [0.717, 1.165) is 6.42 Å². The van der Waals surface area contributed by atoms with Gasteiger partial charge < -0.3 is 9.84 Å². The lowest BCUT2D eigenvalue weighted by atomic mass is 9.75. The maximum Gasteiger partial charge on any atom is 0.330 e. The summed E-state index contributed by atoms with van der Waals surface area (Å²) in [4.78, 5) is 10.9. The summed E-state index contributed by atoms with van der Waals surface area (Å²) in [5.74, 6) is 0.189. The molecule has 19 heavy (non-hydrogen) atoms. The predicted octanol–water partition coefficient (Wildman–Crippen LogP) is 3.56. The van der Waals surface area contributed by atoms with E-state index in [2.05, 4.69) is 26.8 Å². The predicted molar refractivity (Wildman–Crippen MR) is 74.9 cm³/mol. The van der Waals surface area contributed by atoms with E-state index in [0.29, 0.717) is 23.8 Å². The normalized spacial score (nSPS) is 38.8. The molecule has 0 aromatic carbocycles. The topological polar surface area (TPSA) is 46.5 Å². The number of carboxylic acid groups (broad SMARTS) is 1. The van der Waals surface area contributed by atoms with Crippen LogP contribution in [0.5, 0.6) is 0 Å². The zero-order valence-electron chi connectivity index (χ0n) is 12.3. The lowest BCUT2D eigenvalue weighted by molar-refractivity contribution is -0.132. The minimum Gasteiger partial charge on any atom is -0.478 e. The highest BCUT2D eigenvalue weighted by Crippen LogP contribution is 2.47. The van der Waals surface area contributed by atoms with E-state index >= 15 is 0 Å². The van der Waals surface area contributed by atoms with Crippen molar-refractivity contribution in [3.05, 3.63) is 23.3 Å². The summed E-state index contributed by atoms with van der Waals surface area (Å²) in [5.41, 5.74) is 1.57. The number of ether oxygens (including phenoxy) is 1. The first kappa shape index (κ1) is 14.3. The summed E-state index contributed by atoms with van der Waals surface area (Å²) in [6, 6.07) is 0. The van der Waals surface area contributed by atoms with Crippen LogP contribution in [0.3, 0.4) is 0 Å². The molecule has 0 spiro atoms. The average molecular weight is 264 g/mol. The first-order valence-corrected chi connectivity index (χ1v) is 7.08. The van der Waals surface area contributed by atoms with Gasteiger partial charge in [0.1, 0.15) is 0 Å². The molecule has 1 N–H and O–H groups in total. The van der Waals surface area contributed by atoms with Gasteiger partial charge in [-0.05, 0) is 51.9 Å². The van der Waals surface area contributed by atoms with Gasteiger partial charge in [0.05, 0.1) is 11.7 Å². The quantitative estimate of drug-likeness (QED) is 0.626. The summed E-state index contributed by atoms with van der Waals surface area (Å²) in [6.07, 6.45) is 7.29. The Labute approximate surface area is 115 Å². The molecular weight excluding hydrogens is 240 g/mol. The Morgan fingerprint density at radius 1 is 1.63 bits per heavy atom. The highest BCUT2D eigenvalue weighted by Gasteiger charge is 2.48. The van der Waals surface area contributed by atoms with Gasteiger partial charge in [-0.1, -0.05) is 24.6 Å². The number of aliphatic carboxylic acids is 1. The molecule has 3 nitrogen and oxygen atoms in total. The Hall–Kier alpha value is -1.09. The molecule has 2 rings (SSSR count). The van der Waals surface area contributed by atoms with E-state index in [1.165, 1.54) is 12.0 Å². The van der Waals surface area contributed by atoms with Gasteiger partial charge in [-0.2, -0.15) is 0 Å². The van der Waals surface area contributed by atoms with Gasteiger partial charge >= 0.3 is 5.97 Å². The second-order valence-electron chi connectivity index (χ2n) is 6.30. The third kappa shape index (κ3) is 2.76. The van der Waals surface area contributed by atoms with Crippen LogP contribution in [0, 0.1) is 11.8 Å². The number of rotatable bonds is 3. The summed E-state index contributed by atoms with van der Waals surface area (Å²) < 4.78 is 6.25. The van der Waals surface area contributed by atoms with E-state index in [9.17, 15) is 4.79 Å². The molecule has 0 amide bonds. The second kappa shape index (κ2) is 5.12. The summed E-state index contributed by atoms with van der Waals surface area (Å²) in [7, 11) is 0. The lowest BCUT2D eigenvalue weighted by Crippen LogP contribution is -2.31. The molecule has 0 bridgehead atoms. The first-order chi connectivity index (χ1) is 8.83. The number of hydrogen-bond donors (Lipinski definition) is 1. The minimum absolute atomic E-state index is 0.215. The molecule has 0 aromatic heterocycles. The van der Waals surface area contributed by atoms with Crippen molar-refractivity contribution in [1.82, 2.24) is 0 Å². The third-order valence-electron chi connectivity index (χ3n) is 4.90. The van der Waals surface area contributed by atoms with Gasteiger partial charge in [0.15, 0.2) is 0 Å². The van der Waals surface area contributed by atoms with Crippen LogP contribution < -0.4 is 0 Å². The van der Waals surface area contributed by atoms with Crippen LogP contribution in [0.2, 0.25) is 0 Å². The Balaban J connectivity index is 2.13. The Morgan fingerprint density at radius 2 is 2.32 bits per heavy atom. The van der Waals surface area contributed by atoms with Crippen LogP contribution in [0.1, 0.15) is 47.0 Å². The fraction of sp³-hybridized carbons (Fsp3) is 0.688. The molecule has 0 aromatic rings. The molecule has 1 aliphatic heterocycles. The molecular formula is C16H24O3. The van der Waals surface area contributed by atoms with Crippen molar-refractivity contribution in [2.75, 3.05) is 0 Å². The van der Waals surface area contributed by atoms with Gasteiger partial charge in [0, 0.05) is 5.57 Å². The molecule has 0 radical (unpaired) electrons. The maximum absolute atomic E-state index is 10.9. The molecule has 106 valence electrons. The van der Waals surface area contributed by atoms with E-state index in [1.807, 2.05) is 0 Å². The number of hydrogen-bond acceptors (Lipinski definition) is 2. The molecule has 1 aliphatic carbocycles. The average Bonchev–Trinajstić information content (AvgIpc) is 2.58. The van der Waals surface area contributed by atoms with Gasteiger partial charge in [0.25, 0.3) is 0 Å².